The van der Waals surface area contributed by atoms with Crippen molar-refractivity contribution in [1.82, 2.24) is 14.8 Å². The summed E-state index contributed by atoms with van der Waals surface area (Å²) in [7, 11) is 0. The molecule has 0 N–H and O–H groups in total. The second kappa shape index (κ2) is 4.74. The van der Waals surface area contributed by atoms with Crippen LogP contribution in [0.3, 0.4) is 0 Å². The fraction of sp³-hybridized carbons (Fsp3) is 0. The van der Waals surface area contributed by atoms with Crippen LogP contribution >= 0.6 is 15.9 Å². The summed E-state index contributed by atoms with van der Waals surface area (Å²) in [5.74, 6) is 0.836. The number of rotatable bonds is 2. The Hall–Kier alpha value is -1.94. The van der Waals surface area contributed by atoms with Crippen LogP contribution in [0.1, 0.15) is 0 Å². The Morgan fingerprint density at radius 1 is 0.944 bits per heavy atom. The minimum atomic E-state index is 0.836. The first-order valence-electron chi connectivity index (χ1n) is 5.56. The summed E-state index contributed by atoms with van der Waals surface area (Å²) in [6.07, 6.45) is 1.73. The molecule has 3 nitrogen and oxygen atoms in total. The number of benzene rings is 2. The average Bonchev–Trinajstić information content (AvgIpc) is 2.89. The molecule has 0 bridgehead atoms. The van der Waals surface area contributed by atoms with Crippen LogP contribution in [-0.4, -0.2) is 14.8 Å². The minimum absolute atomic E-state index is 0.836. The molecule has 0 fully saturated rings. The average molecular weight is 300 g/mol. The van der Waals surface area contributed by atoms with Gasteiger partial charge in [0.05, 0.1) is 0 Å². The first kappa shape index (κ1) is 11.2. The van der Waals surface area contributed by atoms with E-state index in [1.807, 2.05) is 59.2 Å². The molecule has 0 spiro atoms. The molecule has 0 aliphatic rings. The molecule has 0 saturated carbocycles. The van der Waals surface area contributed by atoms with Crippen molar-refractivity contribution < 1.29 is 0 Å². The van der Waals surface area contributed by atoms with Crippen molar-refractivity contribution in [3.05, 3.63) is 65.4 Å². The Balaban J connectivity index is 2.13. The van der Waals surface area contributed by atoms with E-state index >= 15 is 0 Å². The van der Waals surface area contributed by atoms with Gasteiger partial charge >= 0.3 is 0 Å². The van der Waals surface area contributed by atoms with Crippen molar-refractivity contribution in [2.45, 2.75) is 0 Å². The lowest BCUT2D eigenvalue weighted by molar-refractivity contribution is 1.06. The summed E-state index contributed by atoms with van der Waals surface area (Å²) < 4.78 is 3.00. The standard InChI is InChI=1S/C14H10BrN3/c15-12-6-4-5-11(9-12)14-17-16-10-18(14)13-7-2-1-3-8-13/h1-10H. The Bertz CT molecular complexity index is 662. The van der Waals surface area contributed by atoms with Gasteiger partial charge in [0, 0.05) is 15.7 Å². The fourth-order valence-corrected chi connectivity index (χ4v) is 2.24. The molecule has 4 heteroatoms. The molecule has 0 unspecified atom stereocenters. The number of aromatic nitrogens is 3. The van der Waals surface area contributed by atoms with E-state index in [-0.39, 0.29) is 0 Å². The number of nitrogens with zero attached hydrogens (tertiary/aromatic N) is 3. The van der Waals surface area contributed by atoms with Crippen LogP contribution in [0.25, 0.3) is 17.1 Å². The lowest BCUT2D eigenvalue weighted by atomic mass is 10.2. The summed E-state index contributed by atoms with van der Waals surface area (Å²) in [6, 6.07) is 18.1. The van der Waals surface area contributed by atoms with Crippen LogP contribution in [0.4, 0.5) is 0 Å². The molecule has 0 aliphatic carbocycles. The number of halogens is 1. The van der Waals surface area contributed by atoms with Gasteiger partial charge in [0.15, 0.2) is 5.82 Å². The van der Waals surface area contributed by atoms with Gasteiger partial charge in [-0.25, -0.2) is 0 Å². The molecule has 3 rings (SSSR count). The molecular weight excluding hydrogens is 290 g/mol. The highest BCUT2D eigenvalue weighted by atomic mass is 79.9. The number of hydrogen-bond acceptors (Lipinski definition) is 2. The third-order valence-electron chi connectivity index (χ3n) is 2.66. The van der Waals surface area contributed by atoms with Crippen molar-refractivity contribution in [3.8, 4) is 17.1 Å². The van der Waals surface area contributed by atoms with Gasteiger partial charge in [0.1, 0.15) is 6.33 Å². The highest BCUT2D eigenvalue weighted by Crippen LogP contribution is 2.23. The molecule has 18 heavy (non-hydrogen) atoms. The maximum absolute atomic E-state index is 4.20. The summed E-state index contributed by atoms with van der Waals surface area (Å²) in [6.45, 7) is 0. The maximum Gasteiger partial charge on any atom is 0.168 e. The van der Waals surface area contributed by atoms with Crippen LogP contribution in [0.5, 0.6) is 0 Å². The van der Waals surface area contributed by atoms with Crippen LogP contribution in [0.2, 0.25) is 0 Å². The molecule has 0 atom stereocenters. The molecule has 1 aromatic heterocycles. The van der Waals surface area contributed by atoms with Gasteiger partial charge in [-0.15, -0.1) is 10.2 Å². The predicted molar refractivity (Wildman–Crippen MR) is 74.5 cm³/mol. The van der Waals surface area contributed by atoms with Crippen LogP contribution in [-0.2, 0) is 0 Å². The van der Waals surface area contributed by atoms with Crippen LogP contribution in [0.15, 0.2) is 65.4 Å². The monoisotopic (exact) mass is 299 g/mol. The summed E-state index contributed by atoms with van der Waals surface area (Å²) >= 11 is 3.47. The van der Waals surface area contributed by atoms with E-state index in [0.29, 0.717) is 0 Å². The highest BCUT2D eigenvalue weighted by molar-refractivity contribution is 9.10. The summed E-state index contributed by atoms with van der Waals surface area (Å²) in [5, 5.41) is 8.20. The molecule has 3 aromatic rings. The molecule has 1 heterocycles. The molecular formula is C14H10BrN3. The van der Waals surface area contributed by atoms with E-state index in [4.69, 9.17) is 0 Å². The molecule has 0 aliphatic heterocycles. The Kier molecular flexibility index (Phi) is 2.94. The smallest absolute Gasteiger partial charge is 0.168 e. The van der Waals surface area contributed by atoms with E-state index in [9.17, 15) is 0 Å². The van der Waals surface area contributed by atoms with E-state index in [1.165, 1.54) is 0 Å². The van der Waals surface area contributed by atoms with Gasteiger partial charge in [0.2, 0.25) is 0 Å². The van der Waals surface area contributed by atoms with Crippen molar-refractivity contribution in [2.75, 3.05) is 0 Å². The van der Waals surface area contributed by atoms with Crippen LogP contribution in [0, 0.1) is 0 Å². The van der Waals surface area contributed by atoms with Gasteiger partial charge in [-0.1, -0.05) is 46.3 Å². The Labute approximate surface area is 113 Å². The highest BCUT2D eigenvalue weighted by Gasteiger charge is 2.08. The second-order valence-corrected chi connectivity index (χ2v) is 4.79. The first-order valence-corrected chi connectivity index (χ1v) is 6.35. The molecule has 0 radical (unpaired) electrons. The van der Waals surface area contributed by atoms with Gasteiger partial charge < -0.3 is 0 Å². The van der Waals surface area contributed by atoms with Gasteiger partial charge in [-0.2, -0.15) is 0 Å². The third-order valence-corrected chi connectivity index (χ3v) is 3.16. The summed E-state index contributed by atoms with van der Waals surface area (Å²) in [4.78, 5) is 0. The van der Waals surface area contributed by atoms with Crippen molar-refractivity contribution >= 4 is 15.9 Å². The van der Waals surface area contributed by atoms with Crippen molar-refractivity contribution in [3.63, 3.8) is 0 Å². The quantitative estimate of drug-likeness (QED) is 0.722. The number of para-hydroxylation sites is 1. The Morgan fingerprint density at radius 3 is 2.56 bits per heavy atom. The van der Waals surface area contributed by atoms with Gasteiger partial charge in [0.25, 0.3) is 0 Å². The van der Waals surface area contributed by atoms with E-state index < -0.39 is 0 Å². The van der Waals surface area contributed by atoms with E-state index in [0.717, 1.165) is 21.5 Å². The van der Waals surface area contributed by atoms with E-state index in [1.54, 1.807) is 6.33 Å². The first-order chi connectivity index (χ1) is 8.84. The van der Waals surface area contributed by atoms with Crippen molar-refractivity contribution in [1.29, 1.82) is 0 Å². The zero-order chi connectivity index (χ0) is 12.4. The van der Waals surface area contributed by atoms with Gasteiger partial charge in [-0.05, 0) is 24.3 Å². The predicted octanol–water partition coefficient (Wildman–Crippen LogP) is 3.70. The summed E-state index contributed by atoms with van der Waals surface area (Å²) in [5.41, 5.74) is 2.09. The topological polar surface area (TPSA) is 30.7 Å². The zero-order valence-corrected chi connectivity index (χ0v) is 11.1. The van der Waals surface area contributed by atoms with Gasteiger partial charge in [-0.3, -0.25) is 4.57 Å². The molecule has 88 valence electrons. The molecule has 0 amide bonds. The number of hydrogen-bond donors (Lipinski definition) is 0. The van der Waals surface area contributed by atoms with Crippen LogP contribution < -0.4 is 0 Å². The lowest BCUT2D eigenvalue weighted by Gasteiger charge is -2.06. The van der Waals surface area contributed by atoms with E-state index in [2.05, 4.69) is 26.1 Å². The minimum Gasteiger partial charge on any atom is -0.282 e. The SMILES string of the molecule is Brc1cccc(-c2nncn2-c2ccccc2)c1. The Morgan fingerprint density at radius 2 is 1.78 bits per heavy atom. The van der Waals surface area contributed by atoms with Crippen molar-refractivity contribution in [2.24, 2.45) is 0 Å². The zero-order valence-electron chi connectivity index (χ0n) is 9.49. The lowest BCUT2D eigenvalue weighted by Crippen LogP contribution is -1.95. The maximum atomic E-state index is 4.20. The molecule has 2 aromatic carbocycles. The fourth-order valence-electron chi connectivity index (χ4n) is 1.84. The third kappa shape index (κ3) is 2.07. The molecule has 0 saturated heterocycles. The second-order valence-electron chi connectivity index (χ2n) is 3.87. The normalized spacial score (nSPS) is 10.5. The largest absolute Gasteiger partial charge is 0.282 e.